The maximum Gasteiger partial charge on any atom is 0.251 e. The van der Waals surface area contributed by atoms with Crippen LogP contribution in [0.4, 0.5) is 0 Å². The zero-order chi connectivity index (χ0) is 15.2. The number of rotatable bonds is 5. The second-order valence-corrected chi connectivity index (χ2v) is 5.44. The van der Waals surface area contributed by atoms with Gasteiger partial charge < -0.3 is 10.1 Å². The molecule has 2 aromatic carbocycles. The van der Waals surface area contributed by atoms with Gasteiger partial charge in [0.05, 0.1) is 6.04 Å². The van der Waals surface area contributed by atoms with Gasteiger partial charge in [0.2, 0.25) is 0 Å². The molecule has 110 valence electrons. The van der Waals surface area contributed by atoms with Crippen molar-refractivity contribution in [3.63, 3.8) is 0 Å². The van der Waals surface area contributed by atoms with Crippen molar-refractivity contribution >= 4 is 17.5 Å². The third kappa shape index (κ3) is 4.80. The van der Waals surface area contributed by atoms with Crippen LogP contribution in [0.15, 0.2) is 48.5 Å². The smallest absolute Gasteiger partial charge is 0.251 e. The minimum Gasteiger partial charge on any atom is -0.491 e. The van der Waals surface area contributed by atoms with E-state index in [9.17, 15) is 4.79 Å². The third-order valence-corrected chi connectivity index (χ3v) is 3.26. The van der Waals surface area contributed by atoms with Crippen molar-refractivity contribution < 1.29 is 9.53 Å². The summed E-state index contributed by atoms with van der Waals surface area (Å²) in [5, 5.41) is 3.58. The van der Waals surface area contributed by atoms with Gasteiger partial charge >= 0.3 is 0 Å². The van der Waals surface area contributed by atoms with Gasteiger partial charge in [0.15, 0.2) is 0 Å². The second-order valence-electron chi connectivity index (χ2n) is 5.01. The summed E-state index contributed by atoms with van der Waals surface area (Å²) in [5.41, 5.74) is 1.78. The Kier molecular flexibility index (Phi) is 5.23. The molecule has 21 heavy (non-hydrogen) atoms. The number of nitrogens with one attached hydrogen (secondary N) is 1. The molecule has 0 heterocycles. The molecular formula is C17H18ClNO2. The molecule has 0 unspecified atom stereocenters. The Labute approximate surface area is 129 Å². The fraction of sp³-hybridized carbons (Fsp3) is 0.235. The predicted molar refractivity (Wildman–Crippen MR) is 85.1 cm³/mol. The normalized spacial score (nSPS) is 11.8. The molecule has 1 atom stereocenters. The number of carbonyl (C=O) groups excluding carboxylic acids is 1. The number of hydrogen-bond donors (Lipinski definition) is 1. The highest BCUT2D eigenvalue weighted by Crippen LogP contribution is 2.15. The van der Waals surface area contributed by atoms with Crippen LogP contribution in [-0.2, 0) is 0 Å². The van der Waals surface area contributed by atoms with E-state index in [0.29, 0.717) is 17.2 Å². The Hall–Kier alpha value is -2.00. The maximum atomic E-state index is 12.0. The highest BCUT2D eigenvalue weighted by atomic mass is 35.5. The van der Waals surface area contributed by atoms with Crippen LogP contribution in [0, 0.1) is 6.92 Å². The highest BCUT2D eigenvalue weighted by molar-refractivity contribution is 6.30. The SMILES string of the molecule is Cc1ccc(C(=O)N[C@H](C)COc2ccc(Cl)cc2)cc1. The van der Waals surface area contributed by atoms with Gasteiger partial charge in [-0.25, -0.2) is 0 Å². The summed E-state index contributed by atoms with van der Waals surface area (Å²) in [4.78, 5) is 12.0. The van der Waals surface area contributed by atoms with Gasteiger partial charge in [-0.3, -0.25) is 4.79 Å². The van der Waals surface area contributed by atoms with Crippen LogP contribution in [0.5, 0.6) is 5.75 Å². The number of carbonyl (C=O) groups is 1. The Morgan fingerprint density at radius 2 is 1.76 bits per heavy atom. The minimum atomic E-state index is -0.0952. The van der Waals surface area contributed by atoms with E-state index in [1.54, 1.807) is 24.3 Å². The van der Waals surface area contributed by atoms with Crippen LogP contribution < -0.4 is 10.1 Å². The van der Waals surface area contributed by atoms with Gasteiger partial charge in [0.25, 0.3) is 5.91 Å². The largest absolute Gasteiger partial charge is 0.491 e. The molecule has 0 spiro atoms. The van der Waals surface area contributed by atoms with Gasteiger partial charge in [-0.2, -0.15) is 0 Å². The van der Waals surface area contributed by atoms with Crippen LogP contribution in [-0.4, -0.2) is 18.6 Å². The quantitative estimate of drug-likeness (QED) is 0.911. The lowest BCUT2D eigenvalue weighted by Gasteiger charge is -2.15. The number of ether oxygens (including phenoxy) is 1. The summed E-state index contributed by atoms with van der Waals surface area (Å²) in [6, 6.07) is 14.5. The zero-order valence-electron chi connectivity index (χ0n) is 12.1. The van der Waals surface area contributed by atoms with Gasteiger partial charge in [0.1, 0.15) is 12.4 Å². The molecule has 1 N–H and O–H groups in total. The molecule has 0 bridgehead atoms. The van der Waals surface area contributed by atoms with Crippen molar-refractivity contribution in [2.24, 2.45) is 0 Å². The van der Waals surface area contributed by atoms with Crippen molar-refractivity contribution in [2.75, 3.05) is 6.61 Å². The molecule has 0 aromatic heterocycles. The van der Waals surface area contributed by atoms with Crippen LogP contribution in [0.3, 0.4) is 0 Å². The van der Waals surface area contributed by atoms with Crippen molar-refractivity contribution in [2.45, 2.75) is 19.9 Å². The highest BCUT2D eigenvalue weighted by Gasteiger charge is 2.10. The minimum absolute atomic E-state index is 0.0884. The Balaban J connectivity index is 1.83. The number of benzene rings is 2. The summed E-state index contributed by atoms with van der Waals surface area (Å²) in [6.07, 6.45) is 0. The van der Waals surface area contributed by atoms with Gasteiger partial charge in [-0.05, 0) is 50.2 Å². The lowest BCUT2D eigenvalue weighted by Crippen LogP contribution is -2.36. The molecule has 0 saturated heterocycles. The Bertz CT molecular complexity index is 593. The van der Waals surface area contributed by atoms with Crippen LogP contribution in [0.1, 0.15) is 22.8 Å². The average Bonchev–Trinajstić information content (AvgIpc) is 2.47. The van der Waals surface area contributed by atoms with Gasteiger partial charge in [-0.1, -0.05) is 29.3 Å². The van der Waals surface area contributed by atoms with Crippen molar-refractivity contribution in [3.05, 3.63) is 64.7 Å². The average molecular weight is 304 g/mol. The zero-order valence-corrected chi connectivity index (χ0v) is 12.9. The number of halogens is 1. The molecule has 1 amide bonds. The second kappa shape index (κ2) is 7.14. The topological polar surface area (TPSA) is 38.3 Å². The fourth-order valence-corrected chi connectivity index (χ4v) is 1.93. The first kappa shape index (κ1) is 15.4. The number of hydrogen-bond acceptors (Lipinski definition) is 2. The lowest BCUT2D eigenvalue weighted by atomic mass is 10.1. The van der Waals surface area contributed by atoms with E-state index in [2.05, 4.69) is 5.32 Å². The van der Waals surface area contributed by atoms with Crippen molar-refractivity contribution in [1.29, 1.82) is 0 Å². The maximum absolute atomic E-state index is 12.0. The molecule has 0 saturated carbocycles. The molecule has 0 aliphatic rings. The van der Waals surface area contributed by atoms with E-state index < -0.39 is 0 Å². The van der Waals surface area contributed by atoms with Crippen molar-refractivity contribution in [3.8, 4) is 5.75 Å². The first-order valence-corrected chi connectivity index (χ1v) is 7.18. The van der Waals surface area contributed by atoms with E-state index in [-0.39, 0.29) is 11.9 Å². The monoisotopic (exact) mass is 303 g/mol. The standard InChI is InChI=1S/C17H18ClNO2/c1-12-3-5-14(6-4-12)17(20)19-13(2)11-21-16-9-7-15(18)8-10-16/h3-10,13H,11H2,1-2H3,(H,19,20)/t13-/m1/s1. The van der Waals surface area contributed by atoms with Crippen LogP contribution in [0.25, 0.3) is 0 Å². The predicted octanol–water partition coefficient (Wildman–Crippen LogP) is 3.85. The van der Waals surface area contributed by atoms with E-state index in [4.69, 9.17) is 16.3 Å². The molecule has 0 aliphatic heterocycles. The fourth-order valence-electron chi connectivity index (χ4n) is 1.81. The summed E-state index contributed by atoms with van der Waals surface area (Å²) in [6.45, 7) is 4.30. The third-order valence-electron chi connectivity index (χ3n) is 3.00. The molecule has 2 aromatic rings. The molecule has 2 rings (SSSR count). The molecule has 0 radical (unpaired) electrons. The molecule has 0 aliphatic carbocycles. The summed E-state index contributed by atoms with van der Waals surface area (Å²) in [5.74, 6) is 0.637. The summed E-state index contributed by atoms with van der Waals surface area (Å²) >= 11 is 5.81. The molecule has 0 fully saturated rings. The summed E-state index contributed by atoms with van der Waals surface area (Å²) < 4.78 is 5.61. The van der Waals surface area contributed by atoms with Crippen LogP contribution in [0.2, 0.25) is 5.02 Å². The number of amides is 1. The van der Waals surface area contributed by atoms with E-state index >= 15 is 0 Å². The first-order valence-electron chi connectivity index (χ1n) is 6.80. The Morgan fingerprint density at radius 1 is 1.14 bits per heavy atom. The lowest BCUT2D eigenvalue weighted by molar-refractivity contribution is 0.0926. The van der Waals surface area contributed by atoms with E-state index in [0.717, 1.165) is 11.3 Å². The first-order chi connectivity index (χ1) is 10.0. The molecule has 3 nitrogen and oxygen atoms in total. The Morgan fingerprint density at radius 3 is 2.38 bits per heavy atom. The molecule has 4 heteroatoms. The molecular weight excluding hydrogens is 286 g/mol. The van der Waals surface area contributed by atoms with Crippen LogP contribution >= 0.6 is 11.6 Å². The van der Waals surface area contributed by atoms with Gasteiger partial charge in [0, 0.05) is 10.6 Å². The van der Waals surface area contributed by atoms with E-state index in [1.165, 1.54) is 0 Å². The van der Waals surface area contributed by atoms with Crippen molar-refractivity contribution in [1.82, 2.24) is 5.32 Å². The number of aryl methyl sites for hydroxylation is 1. The summed E-state index contributed by atoms with van der Waals surface area (Å²) in [7, 11) is 0. The van der Waals surface area contributed by atoms with E-state index in [1.807, 2.05) is 38.1 Å². The van der Waals surface area contributed by atoms with Gasteiger partial charge in [-0.15, -0.1) is 0 Å².